The van der Waals surface area contributed by atoms with Gasteiger partial charge in [-0.2, -0.15) is 0 Å². The number of methoxy groups -OCH3 is 1. The van der Waals surface area contributed by atoms with Gasteiger partial charge in [-0.25, -0.2) is 0 Å². The van der Waals surface area contributed by atoms with Crippen LogP contribution in [0.3, 0.4) is 0 Å². The number of benzene rings is 1. The second-order valence-corrected chi connectivity index (χ2v) is 4.77. The van der Waals surface area contributed by atoms with Gasteiger partial charge in [0.2, 0.25) is 0 Å². The minimum atomic E-state index is -0.399. The topological polar surface area (TPSA) is 40.2 Å². The van der Waals surface area contributed by atoms with E-state index >= 15 is 0 Å². The van der Waals surface area contributed by atoms with Gasteiger partial charge in [0, 0.05) is 7.11 Å². The van der Waals surface area contributed by atoms with Crippen LogP contribution >= 0.6 is 0 Å². The first kappa shape index (κ1) is 15.0. The Kier molecular flexibility index (Phi) is 5.57. The minimum Gasteiger partial charge on any atom is -0.364 e. The van der Waals surface area contributed by atoms with Crippen LogP contribution in [0.4, 0.5) is 0 Å². The lowest BCUT2D eigenvalue weighted by Crippen LogP contribution is -2.13. The summed E-state index contributed by atoms with van der Waals surface area (Å²) in [6.07, 6.45) is 0.0271. The molecule has 0 saturated carbocycles. The molecular formula is C16H20O4. The normalized spacial score (nSPS) is 24.0. The summed E-state index contributed by atoms with van der Waals surface area (Å²) < 4.78 is 21.1. The maximum Gasteiger partial charge on any atom is 0.154 e. The highest BCUT2D eigenvalue weighted by Gasteiger charge is 2.51. The van der Waals surface area contributed by atoms with Crippen molar-refractivity contribution in [3.05, 3.63) is 35.9 Å². The Morgan fingerprint density at radius 3 is 2.80 bits per heavy atom. The molecule has 1 fully saturated rings. The van der Waals surface area contributed by atoms with Crippen LogP contribution < -0.4 is 0 Å². The van der Waals surface area contributed by atoms with E-state index in [0.29, 0.717) is 19.8 Å². The monoisotopic (exact) mass is 276 g/mol. The van der Waals surface area contributed by atoms with E-state index in [4.69, 9.17) is 18.9 Å². The van der Waals surface area contributed by atoms with Crippen LogP contribution in [0.25, 0.3) is 0 Å². The van der Waals surface area contributed by atoms with Gasteiger partial charge >= 0.3 is 0 Å². The predicted molar refractivity (Wildman–Crippen MR) is 75.0 cm³/mol. The third-order valence-electron chi connectivity index (χ3n) is 3.04. The summed E-state index contributed by atoms with van der Waals surface area (Å²) in [6.45, 7) is 3.72. The van der Waals surface area contributed by atoms with Crippen molar-refractivity contribution in [2.24, 2.45) is 0 Å². The van der Waals surface area contributed by atoms with E-state index in [0.717, 1.165) is 5.56 Å². The van der Waals surface area contributed by atoms with Gasteiger partial charge in [0.25, 0.3) is 0 Å². The van der Waals surface area contributed by atoms with Gasteiger partial charge in [-0.1, -0.05) is 42.2 Å². The molecule has 1 saturated heterocycles. The van der Waals surface area contributed by atoms with E-state index < -0.39 is 5.60 Å². The number of epoxide rings is 1. The molecule has 0 spiro atoms. The maximum atomic E-state index is 5.51. The van der Waals surface area contributed by atoms with Crippen molar-refractivity contribution in [1.29, 1.82) is 0 Å². The van der Waals surface area contributed by atoms with Gasteiger partial charge in [0.15, 0.2) is 5.60 Å². The number of rotatable bonds is 7. The van der Waals surface area contributed by atoms with Crippen LogP contribution in [0.5, 0.6) is 0 Å². The van der Waals surface area contributed by atoms with E-state index in [1.807, 2.05) is 37.3 Å². The zero-order chi connectivity index (χ0) is 14.3. The summed E-state index contributed by atoms with van der Waals surface area (Å²) in [5.74, 6) is 6.07. The van der Waals surface area contributed by atoms with E-state index in [2.05, 4.69) is 11.8 Å². The summed E-state index contributed by atoms with van der Waals surface area (Å²) in [4.78, 5) is 0. The molecule has 1 heterocycles. The first-order valence-corrected chi connectivity index (χ1v) is 6.61. The van der Waals surface area contributed by atoms with Crippen LogP contribution in [0, 0.1) is 11.8 Å². The lowest BCUT2D eigenvalue weighted by molar-refractivity contribution is -0.0352. The van der Waals surface area contributed by atoms with Gasteiger partial charge in [-0.05, 0) is 12.5 Å². The molecule has 1 aliphatic heterocycles. The van der Waals surface area contributed by atoms with Gasteiger partial charge in [-0.15, -0.1) is 0 Å². The molecule has 0 aliphatic carbocycles. The third-order valence-corrected chi connectivity index (χ3v) is 3.04. The predicted octanol–water partition coefficient (Wildman–Crippen LogP) is 1.98. The molecule has 1 aliphatic rings. The summed E-state index contributed by atoms with van der Waals surface area (Å²) in [6, 6.07) is 10.0. The first-order valence-electron chi connectivity index (χ1n) is 6.61. The third kappa shape index (κ3) is 4.62. The smallest absolute Gasteiger partial charge is 0.154 e. The van der Waals surface area contributed by atoms with Crippen molar-refractivity contribution in [2.45, 2.75) is 25.2 Å². The molecule has 0 amide bonds. The Hall–Kier alpha value is -1.38. The van der Waals surface area contributed by atoms with Crippen molar-refractivity contribution in [3.8, 4) is 11.8 Å². The maximum absolute atomic E-state index is 5.51. The first-order chi connectivity index (χ1) is 9.74. The second kappa shape index (κ2) is 7.41. The molecule has 1 aromatic rings. The minimum absolute atomic E-state index is 0.0271. The van der Waals surface area contributed by atoms with Crippen LogP contribution in [-0.2, 0) is 25.6 Å². The van der Waals surface area contributed by atoms with Gasteiger partial charge < -0.3 is 18.9 Å². The van der Waals surface area contributed by atoms with Crippen LogP contribution in [-0.4, -0.2) is 38.8 Å². The Labute approximate surface area is 120 Å². The summed E-state index contributed by atoms with van der Waals surface area (Å²) >= 11 is 0. The molecule has 4 heteroatoms. The lowest BCUT2D eigenvalue weighted by atomic mass is 10.1. The Balaban J connectivity index is 1.63. The summed E-state index contributed by atoms with van der Waals surface area (Å²) in [5.41, 5.74) is 0.748. The Morgan fingerprint density at radius 1 is 1.25 bits per heavy atom. The van der Waals surface area contributed by atoms with Gasteiger partial charge in [0.1, 0.15) is 19.5 Å². The zero-order valence-electron chi connectivity index (χ0n) is 11.9. The molecule has 0 aromatic heterocycles. The molecule has 2 rings (SSSR count). The highest BCUT2D eigenvalue weighted by molar-refractivity contribution is 5.24. The summed E-state index contributed by atoms with van der Waals surface area (Å²) in [5, 5.41) is 0. The Morgan fingerprint density at radius 2 is 2.05 bits per heavy atom. The molecule has 0 bridgehead atoms. The van der Waals surface area contributed by atoms with E-state index in [1.54, 1.807) is 7.11 Å². The average molecular weight is 276 g/mol. The van der Waals surface area contributed by atoms with E-state index in [-0.39, 0.29) is 12.9 Å². The quantitative estimate of drug-likeness (QED) is 0.330. The fourth-order valence-electron chi connectivity index (χ4n) is 1.81. The molecule has 20 heavy (non-hydrogen) atoms. The lowest BCUT2D eigenvalue weighted by Gasteiger charge is -2.00. The zero-order valence-corrected chi connectivity index (χ0v) is 11.9. The molecule has 108 valence electrons. The SMILES string of the molecule is COCOCC1OC1(C)C#CCOCc1ccccc1. The standard InChI is InChI=1S/C16H20O4/c1-16(15(20-16)12-19-13-17-2)9-6-10-18-11-14-7-4-3-5-8-14/h3-5,7-8,15H,10-13H2,1-2H3. The molecule has 0 N–H and O–H groups in total. The van der Waals surface area contributed by atoms with Crippen molar-refractivity contribution in [1.82, 2.24) is 0 Å². The molecule has 2 unspecified atom stereocenters. The molecule has 0 radical (unpaired) electrons. The highest BCUT2D eigenvalue weighted by Crippen LogP contribution is 2.35. The molecule has 2 atom stereocenters. The molecule has 1 aromatic carbocycles. The molecule has 4 nitrogen and oxygen atoms in total. The van der Waals surface area contributed by atoms with Crippen LogP contribution in [0.2, 0.25) is 0 Å². The number of hydrogen-bond acceptors (Lipinski definition) is 4. The number of hydrogen-bond donors (Lipinski definition) is 0. The van der Waals surface area contributed by atoms with Crippen molar-refractivity contribution in [2.75, 3.05) is 27.1 Å². The van der Waals surface area contributed by atoms with Gasteiger partial charge in [0.05, 0.1) is 13.2 Å². The van der Waals surface area contributed by atoms with E-state index in [1.165, 1.54) is 0 Å². The van der Waals surface area contributed by atoms with Crippen LogP contribution in [0.15, 0.2) is 30.3 Å². The fourth-order valence-corrected chi connectivity index (χ4v) is 1.81. The molecular weight excluding hydrogens is 256 g/mol. The van der Waals surface area contributed by atoms with Crippen molar-refractivity contribution >= 4 is 0 Å². The van der Waals surface area contributed by atoms with E-state index in [9.17, 15) is 0 Å². The summed E-state index contributed by atoms with van der Waals surface area (Å²) in [7, 11) is 1.59. The number of ether oxygens (including phenoxy) is 4. The van der Waals surface area contributed by atoms with Crippen LogP contribution in [0.1, 0.15) is 12.5 Å². The van der Waals surface area contributed by atoms with Gasteiger partial charge in [-0.3, -0.25) is 0 Å². The highest BCUT2D eigenvalue weighted by atomic mass is 16.7. The Bertz CT molecular complexity index is 462. The van der Waals surface area contributed by atoms with Crippen molar-refractivity contribution < 1.29 is 18.9 Å². The average Bonchev–Trinajstić information content (AvgIpc) is 3.11. The van der Waals surface area contributed by atoms with Crippen molar-refractivity contribution in [3.63, 3.8) is 0 Å². The second-order valence-electron chi connectivity index (χ2n) is 4.77. The fraction of sp³-hybridized carbons (Fsp3) is 0.500. The largest absolute Gasteiger partial charge is 0.364 e.